The summed E-state index contributed by atoms with van der Waals surface area (Å²) in [6.07, 6.45) is 0. The third-order valence-corrected chi connectivity index (χ3v) is 3.89. The van der Waals surface area contributed by atoms with Crippen LogP contribution in [0.5, 0.6) is 11.5 Å². The van der Waals surface area contributed by atoms with Crippen molar-refractivity contribution in [3.63, 3.8) is 0 Å². The minimum Gasteiger partial charge on any atom is -0.496 e. The zero-order valence-corrected chi connectivity index (χ0v) is 13.9. The van der Waals surface area contributed by atoms with E-state index in [1.807, 2.05) is 25.1 Å². The van der Waals surface area contributed by atoms with E-state index in [1.165, 1.54) is 6.07 Å². The summed E-state index contributed by atoms with van der Waals surface area (Å²) in [5.74, 6) is 0.341. The summed E-state index contributed by atoms with van der Waals surface area (Å²) in [4.78, 5) is 11.0. The summed E-state index contributed by atoms with van der Waals surface area (Å²) >= 11 is 2.12. The second-order valence-corrected chi connectivity index (χ2v) is 5.72. The Morgan fingerprint density at radius 1 is 1.19 bits per heavy atom. The van der Waals surface area contributed by atoms with E-state index in [0.29, 0.717) is 12.4 Å². The second kappa shape index (κ2) is 6.80. The molecule has 0 spiro atoms. The molecule has 0 heterocycles. The summed E-state index contributed by atoms with van der Waals surface area (Å²) in [6, 6.07) is 10.7. The zero-order valence-electron chi connectivity index (χ0n) is 11.7. The van der Waals surface area contributed by atoms with E-state index in [0.717, 1.165) is 20.4 Å². The van der Waals surface area contributed by atoms with E-state index in [9.17, 15) is 4.79 Å². The molecule has 0 saturated heterocycles. The van der Waals surface area contributed by atoms with Crippen LogP contribution in [0.4, 0.5) is 0 Å². The predicted octanol–water partition coefficient (Wildman–Crippen LogP) is 3.89. The third-order valence-electron chi connectivity index (χ3n) is 3.00. The maximum absolute atomic E-state index is 11.0. The lowest BCUT2D eigenvalue weighted by Crippen LogP contribution is -2.02. The predicted molar refractivity (Wildman–Crippen MR) is 88.2 cm³/mol. The van der Waals surface area contributed by atoms with Crippen LogP contribution in [0.2, 0.25) is 0 Å². The van der Waals surface area contributed by atoms with Gasteiger partial charge in [-0.2, -0.15) is 0 Å². The Morgan fingerprint density at radius 3 is 2.62 bits per heavy atom. The molecular weight excluding hydrogens is 383 g/mol. The van der Waals surface area contributed by atoms with E-state index in [1.54, 1.807) is 19.2 Å². The SMILES string of the molecule is COc1ccc(C)cc1COc1cc(C(=O)O)ccc1I. The van der Waals surface area contributed by atoms with E-state index in [-0.39, 0.29) is 5.56 Å². The Balaban J connectivity index is 2.22. The van der Waals surface area contributed by atoms with Crippen molar-refractivity contribution in [2.24, 2.45) is 0 Å². The Bertz CT molecular complexity index is 667. The highest BCUT2D eigenvalue weighted by molar-refractivity contribution is 14.1. The number of rotatable bonds is 5. The lowest BCUT2D eigenvalue weighted by Gasteiger charge is -2.12. The first-order chi connectivity index (χ1) is 10.0. The topological polar surface area (TPSA) is 55.8 Å². The van der Waals surface area contributed by atoms with Crippen molar-refractivity contribution in [2.75, 3.05) is 7.11 Å². The van der Waals surface area contributed by atoms with Crippen LogP contribution in [0.15, 0.2) is 36.4 Å². The number of hydrogen-bond acceptors (Lipinski definition) is 3. The summed E-state index contributed by atoms with van der Waals surface area (Å²) in [5, 5.41) is 9.03. The number of aryl methyl sites for hydroxylation is 1. The third kappa shape index (κ3) is 3.87. The molecule has 110 valence electrons. The van der Waals surface area contributed by atoms with Crippen LogP contribution in [0, 0.1) is 10.5 Å². The molecule has 0 aliphatic carbocycles. The van der Waals surface area contributed by atoms with E-state index < -0.39 is 5.97 Å². The highest BCUT2D eigenvalue weighted by Gasteiger charge is 2.10. The van der Waals surface area contributed by atoms with Gasteiger partial charge in [0.2, 0.25) is 0 Å². The fourth-order valence-corrected chi connectivity index (χ4v) is 2.41. The van der Waals surface area contributed by atoms with Crippen LogP contribution >= 0.6 is 22.6 Å². The average molecular weight is 398 g/mol. The smallest absolute Gasteiger partial charge is 0.335 e. The van der Waals surface area contributed by atoms with Crippen LogP contribution in [0.1, 0.15) is 21.5 Å². The van der Waals surface area contributed by atoms with Crippen molar-refractivity contribution in [3.8, 4) is 11.5 Å². The van der Waals surface area contributed by atoms with Gasteiger partial charge in [0.05, 0.1) is 16.2 Å². The molecule has 2 rings (SSSR count). The van der Waals surface area contributed by atoms with Crippen molar-refractivity contribution in [1.82, 2.24) is 0 Å². The number of hydrogen-bond donors (Lipinski definition) is 1. The highest BCUT2D eigenvalue weighted by Crippen LogP contribution is 2.26. The van der Waals surface area contributed by atoms with Crippen LogP contribution in [0.3, 0.4) is 0 Å². The highest BCUT2D eigenvalue weighted by atomic mass is 127. The average Bonchev–Trinajstić information content (AvgIpc) is 2.46. The summed E-state index contributed by atoms with van der Waals surface area (Å²) in [7, 11) is 1.61. The van der Waals surface area contributed by atoms with Gasteiger partial charge >= 0.3 is 5.97 Å². The Hall–Kier alpha value is -1.76. The van der Waals surface area contributed by atoms with Crippen molar-refractivity contribution in [3.05, 3.63) is 56.7 Å². The number of benzene rings is 2. The first kappa shape index (κ1) is 15.6. The van der Waals surface area contributed by atoms with Crippen molar-refractivity contribution >= 4 is 28.6 Å². The van der Waals surface area contributed by atoms with Crippen molar-refractivity contribution in [1.29, 1.82) is 0 Å². The molecule has 0 aliphatic heterocycles. The van der Waals surface area contributed by atoms with Gasteiger partial charge in [-0.15, -0.1) is 0 Å². The number of carboxylic acids is 1. The molecule has 21 heavy (non-hydrogen) atoms. The summed E-state index contributed by atoms with van der Waals surface area (Å²) in [5.41, 5.74) is 2.25. The van der Waals surface area contributed by atoms with Gasteiger partial charge in [-0.3, -0.25) is 0 Å². The van der Waals surface area contributed by atoms with E-state index >= 15 is 0 Å². The van der Waals surface area contributed by atoms with Crippen LogP contribution in [-0.2, 0) is 6.61 Å². The molecule has 4 nitrogen and oxygen atoms in total. The lowest BCUT2D eigenvalue weighted by atomic mass is 10.1. The number of methoxy groups -OCH3 is 1. The van der Waals surface area contributed by atoms with E-state index in [4.69, 9.17) is 14.6 Å². The molecule has 0 atom stereocenters. The van der Waals surface area contributed by atoms with Gasteiger partial charge in [-0.25, -0.2) is 4.79 Å². The molecule has 0 bridgehead atoms. The fraction of sp³-hybridized carbons (Fsp3) is 0.188. The standard InChI is InChI=1S/C16H15IO4/c1-10-3-6-14(20-2)12(7-10)9-21-15-8-11(16(18)19)4-5-13(15)17/h3-8H,9H2,1-2H3,(H,18,19). The number of halogens is 1. The zero-order chi connectivity index (χ0) is 15.4. The Kier molecular flexibility index (Phi) is 5.06. The largest absolute Gasteiger partial charge is 0.496 e. The maximum atomic E-state index is 11.0. The number of carbonyl (C=O) groups is 1. The molecule has 0 saturated carbocycles. The number of ether oxygens (including phenoxy) is 2. The lowest BCUT2D eigenvalue weighted by molar-refractivity contribution is 0.0696. The fourth-order valence-electron chi connectivity index (χ4n) is 1.92. The molecule has 0 fully saturated rings. The molecule has 2 aromatic rings. The molecule has 0 aliphatic rings. The second-order valence-electron chi connectivity index (χ2n) is 4.55. The monoisotopic (exact) mass is 398 g/mol. The Labute approximate surface area is 136 Å². The van der Waals surface area contributed by atoms with Gasteiger partial charge in [-0.1, -0.05) is 11.6 Å². The molecule has 2 aromatic carbocycles. The minimum absolute atomic E-state index is 0.210. The first-order valence-electron chi connectivity index (χ1n) is 6.30. The van der Waals surface area contributed by atoms with Gasteiger partial charge in [0.25, 0.3) is 0 Å². The molecule has 0 radical (unpaired) electrons. The molecule has 5 heteroatoms. The quantitative estimate of drug-likeness (QED) is 0.777. The number of carboxylic acid groups (broad SMARTS) is 1. The van der Waals surface area contributed by atoms with Gasteiger partial charge in [0.15, 0.2) is 0 Å². The van der Waals surface area contributed by atoms with Gasteiger partial charge in [0, 0.05) is 5.56 Å². The van der Waals surface area contributed by atoms with Gasteiger partial charge in [-0.05, 0) is 59.8 Å². The van der Waals surface area contributed by atoms with Crippen molar-refractivity contribution in [2.45, 2.75) is 13.5 Å². The van der Waals surface area contributed by atoms with Gasteiger partial charge < -0.3 is 14.6 Å². The molecule has 1 N–H and O–H groups in total. The minimum atomic E-state index is -0.968. The molecular formula is C16H15IO4. The van der Waals surface area contributed by atoms with Gasteiger partial charge in [0.1, 0.15) is 18.1 Å². The van der Waals surface area contributed by atoms with Crippen LogP contribution in [0.25, 0.3) is 0 Å². The van der Waals surface area contributed by atoms with Crippen LogP contribution in [-0.4, -0.2) is 18.2 Å². The summed E-state index contributed by atoms with van der Waals surface area (Å²) in [6.45, 7) is 2.32. The Morgan fingerprint density at radius 2 is 1.95 bits per heavy atom. The molecule has 0 aromatic heterocycles. The molecule has 0 amide bonds. The molecule has 0 unspecified atom stereocenters. The number of aromatic carboxylic acids is 1. The van der Waals surface area contributed by atoms with E-state index in [2.05, 4.69) is 22.6 Å². The normalized spacial score (nSPS) is 10.2. The first-order valence-corrected chi connectivity index (χ1v) is 7.38. The summed E-state index contributed by atoms with van der Waals surface area (Å²) < 4.78 is 11.9. The van der Waals surface area contributed by atoms with Crippen LogP contribution < -0.4 is 9.47 Å². The van der Waals surface area contributed by atoms with Crippen molar-refractivity contribution < 1.29 is 19.4 Å². The maximum Gasteiger partial charge on any atom is 0.335 e.